The lowest BCUT2D eigenvalue weighted by molar-refractivity contribution is -0.118. The summed E-state index contributed by atoms with van der Waals surface area (Å²) < 4.78 is 58.0. The molecule has 0 bridgehead atoms. The number of sulfonamides is 1. The number of primary amides is 1. The molecule has 0 aliphatic rings. The van der Waals surface area contributed by atoms with Crippen LogP contribution in [0.25, 0.3) is 32.4 Å². The molecule has 15 heteroatoms. The van der Waals surface area contributed by atoms with Gasteiger partial charge in [-0.3, -0.25) is 14.2 Å². The molecule has 1 amide bonds. The maximum atomic E-state index is 14.2. The minimum absolute atomic E-state index is 0.0417. The number of halogens is 2. The molecule has 0 spiro atoms. The topological polar surface area (TPSA) is 165 Å². The van der Waals surface area contributed by atoms with Crippen LogP contribution < -0.4 is 15.8 Å². The number of anilines is 2. The first-order valence-electron chi connectivity index (χ1n) is 14.1. The summed E-state index contributed by atoms with van der Waals surface area (Å²) in [5.74, 6) is -2.83. The van der Waals surface area contributed by atoms with Crippen molar-refractivity contribution in [3.8, 4) is 11.1 Å². The third-order valence-corrected chi connectivity index (χ3v) is 9.32. The van der Waals surface area contributed by atoms with E-state index >= 15 is 0 Å². The molecule has 0 radical (unpaired) electrons. The Morgan fingerprint density at radius 3 is 2.49 bits per heavy atom. The van der Waals surface area contributed by atoms with Gasteiger partial charge in [-0.2, -0.15) is 5.10 Å². The summed E-state index contributed by atoms with van der Waals surface area (Å²) in [5, 5.41) is 18.8. The van der Waals surface area contributed by atoms with Crippen LogP contribution in [0.5, 0.6) is 0 Å². The Bertz CT molecular complexity index is 2000. The zero-order valence-electron chi connectivity index (χ0n) is 25.1. The van der Waals surface area contributed by atoms with Crippen molar-refractivity contribution >= 4 is 59.5 Å². The third-order valence-electron chi connectivity index (χ3n) is 7.11. The van der Waals surface area contributed by atoms with Crippen molar-refractivity contribution in [2.24, 2.45) is 12.8 Å². The van der Waals surface area contributed by atoms with Gasteiger partial charge in [0.05, 0.1) is 27.3 Å². The van der Waals surface area contributed by atoms with E-state index in [1.54, 1.807) is 37.7 Å². The summed E-state index contributed by atoms with van der Waals surface area (Å²) >= 11 is 1.31. The van der Waals surface area contributed by atoms with Crippen molar-refractivity contribution in [2.75, 3.05) is 22.3 Å². The number of nitrogens with one attached hydrogen (secondary N) is 2. The fourth-order valence-corrected chi connectivity index (χ4v) is 6.58. The number of benzene rings is 2. The second kappa shape index (κ2) is 12.3. The predicted octanol–water partition coefficient (Wildman–Crippen LogP) is 4.67. The zero-order chi connectivity index (χ0) is 32.7. The largest absolute Gasteiger partial charge is 0.389 e. The van der Waals surface area contributed by atoms with Crippen molar-refractivity contribution < 1.29 is 27.1 Å². The molecule has 0 fully saturated rings. The Balaban J connectivity index is 1.74. The lowest BCUT2D eigenvalue weighted by atomic mass is 9.87. The van der Waals surface area contributed by atoms with Crippen LogP contribution in [0.2, 0.25) is 0 Å². The zero-order valence-corrected chi connectivity index (χ0v) is 26.7. The number of para-hydroxylation sites is 1. The molecule has 5 N–H and O–H groups in total. The number of carbonyl (C=O) groups excluding carboxylic acids is 1. The highest BCUT2D eigenvalue weighted by Gasteiger charge is 2.26. The highest BCUT2D eigenvalue weighted by Crippen LogP contribution is 2.40. The lowest BCUT2D eigenvalue weighted by Crippen LogP contribution is -2.29. The van der Waals surface area contributed by atoms with Crippen molar-refractivity contribution in [3.05, 3.63) is 65.4 Å². The number of pyridine rings is 1. The molecule has 0 aliphatic carbocycles. The molecule has 5 aromatic rings. The van der Waals surface area contributed by atoms with E-state index in [0.717, 1.165) is 6.07 Å². The second-order valence-electron chi connectivity index (χ2n) is 11.5. The molecule has 238 valence electrons. The van der Waals surface area contributed by atoms with Gasteiger partial charge in [0.25, 0.3) is 0 Å². The number of fused-ring (bicyclic) bond motifs is 2. The summed E-state index contributed by atoms with van der Waals surface area (Å²) in [4.78, 5) is 21.8. The average molecular weight is 658 g/mol. The number of nitrogens with two attached hydrogens (primary N) is 1. The first-order chi connectivity index (χ1) is 21.1. The molecule has 0 saturated carbocycles. The van der Waals surface area contributed by atoms with E-state index in [-0.39, 0.29) is 31.0 Å². The van der Waals surface area contributed by atoms with Gasteiger partial charge in [-0.25, -0.2) is 27.2 Å². The first kappa shape index (κ1) is 32.2. The van der Waals surface area contributed by atoms with Crippen LogP contribution >= 0.6 is 11.3 Å². The molecule has 3 aromatic heterocycles. The molecule has 2 aromatic carbocycles. The predicted molar refractivity (Wildman–Crippen MR) is 172 cm³/mol. The monoisotopic (exact) mass is 657 g/mol. The molecular formula is C30H33F2N7O4S2. The normalized spacial score (nSPS) is 13.0. The molecule has 3 heterocycles. The van der Waals surface area contributed by atoms with Crippen LogP contribution in [-0.4, -0.2) is 57.1 Å². The van der Waals surface area contributed by atoms with Crippen LogP contribution in [0.15, 0.2) is 42.5 Å². The smallest absolute Gasteiger partial charge is 0.233 e. The fraction of sp³-hybridized carbons (Fsp3) is 0.333. The van der Waals surface area contributed by atoms with Gasteiger partial charge in [0.1, 0.15) is 11.6 Å². The highest BCUT2D eigenvalue weighted by molar-refractivity contribution is 7.92. The fourth-order valence-electron chi connectivity index (χ4n) is 5.14. The van der Waals surface area contributed by atoms with Crippen molar-refractivity contribution in [1.82, 2.24) is 19.7 Å². The number of aliphatic hydroxyl groups is 1. The number of rotatable bonds is 12. The van der Waals surface area contributed by atoms with Gasteiger partial charge in [0, 0.05) is 48.5 Å². The quantitative estimate of drug-likeness (QED) is 0.150. The molecule has 1 atom stereocenters. The van der Waals surface area contributed by atoms with Gasteiger partial charge >= 0.3 is 0 Å². The Kier molecular flexibility index (Phi) is 8.79. The van der Waals surface area contributed by atoms with Crippen molar-refractivity contribution in [3.63, 3.8) is 0 Å². The van der Waals surface area contributed by atoms with Crippen molar-refractivity contribution in [2.45, 2.75) is 45.1 Å². The van der Waals surface area contributed by atoms with Crippen LogP contribution in [0.1, 0.15) is 44.4 Å². The van der Waals surface area contributed by atoms with Gasteiger partial charge in [0.2, 0.25) is 15.9 Å². The van der Waals surface area contributed by atoms with Crippen LogP contribution in [0, 0.1) is 11.6 Å². The van der Waals surface area contributed by atoms with Gasteiger partial charge < -0.3 is 16.2 Å². The van der Waals surface area contributed by atoms with E-state index in [1.807, 2.05) is 12.1 Å². The van der Waals surface area contributed by atoms with Crippen molar-refractivity contribution in [1.29, 1.82) is 0 Å². The third kappa shape index (κ3) is 7.37. The maximum Gasteiger partial charge on any atom is 0.233 e. The standard InChI is InChI=1S/C30H33F2N7O4S2/c1-5-45(42,43)38-27-21-8-6-7-20(26(21)39(4)37-27)22-14-23-28(36-29(44-23)34-15-30(2,3)41)35-25(22)17(12-24(33)40)9-16-10-18(31)13-19(32)11-16/h6-8,10-11,13-14,17,41H,5,9,12,15H2,1-4H3,(H2,33,40)(H,37,38)(H,34,35,36)/t17-/m0/s1. The summed E-state index contributed by atoms with van der Waals surface area (Å²) in [6.45, 7) is 5.08. The number of hydrogen-bond acceptors (Lipinski definition) is 9. The summed E-state index contributed by atoms with van der Waals surface area (Å²) in [6.07, 6.45) is -0.138. The van der Waals surface area contributed by atoms with E-state index < -0.39 is 39.1 Å². The molecule has 0 saturated heterocycles. The maximum absolute atomic E-state index is 14.2. The summed E-state index contributed by atoms with van der Waals surface area (Å²) in [7, 11) is -1.95. The van der Waals surface area contributed by atoms with E-state index in [4.69, 9.17) is 10.7 Å². The molecule has 11 nitrogen and oxygen atoms in total. The molecular weight excluding hydrogens is 625 g/mol. The van der Waals surface area contributed by atoms with E-state index in [1.165, 1.54) is 30.4 Å². The number of hydrogen-bond donors (Lipinski definition) is 4. The highest BCUT2D eigenvalue weighted by atomic mass is 32.2. The SMILES string of the molecule is CCS(=O)(=O)Nc1nn(C)c2c(-c3cc4sc(NCC(C)(C)O)nc4nc3[C@H](CC(N)=O)Cc3cc(F)cc(F)c3)cccc12. The number of carbonyl (C=O) groups is 1. The molecule has 5 rings (SSSR count). The molecule has 45 heavy (non-hydrogen) atoms. The van der Waals surface area contributed by atoms with Crippen LogP contribution in [0.4, 0.5) is 19.7 Å². The number of amides is 1. The summed E-state index contributed by atoms with van der Waals surface area (Å²) in [5.41, 5.74) is 7.58. The van der Waals surface area contributed by atoms with E-state index in [0.29, 0.717) is 48.8 Å². The first-order valence-corrected chi connectivity index (χ1v) is 16.6. The number of aromatic nitrogens is 4. The van der Waals surface area contributed by atoms with Crippen LogP contribution in [-0.2, 0) is 28.3 Å². The number of nitrogens with zero attached hydrogens (tertiary/aromatic N) is 4. The average Bonchev–Trinajstić information content (AvgIpc) is 3.49. The van der Waals surface area contributed by atoms with Gasteiger partial charge in [-0.05, 0) is 57.0 Å². The minimum atomic E-state index is -3.63. The molecule has 0 aliphatic heterocycles. The Morgan fingerprint density at radius 2 is 1.84 bits per heavy atom. The van der Waals surface area contributed by atoms with Gasteiger partial charge in [-0.1, -0.05) is 23.5 Å². The minimum Gasteiger partial charge on any atom is -0.389 e. The summed E-state index contributed by atoms with van der Waals surface area (Å²) in [6, 6.07) is 10.4. The second-order valence-corrected chi connectivity index (χ2v) is 14.5. The Hall–Kier alpha value is -4.21. The van der Waals surface area contributed by atoms with Gasteiger partial charge in [-0.15, -0.1) is 0 Å². The molecule has 0 unspecified atom stereocenters. The van der Waals surface area contributed by atoms with E-state index in [9.17, 15) is 27.1 Å². The Morgan fingerprint density at radius 1 is 1.13 bits per heavy atom. The van der Waals surface area contributed by atoms with Crippen LogP contribution in [0.3, 0.4) is 0 Å². The lowest BCUT2D eigenvalue weighted by Gasteiger charge is -2.20. The van der Waals surface area contributed by atoms with E-state index in [2.05, 4.69) is 20.1 Å². The number of thiazole rings is 1. The Labute approximate surface area is 262 Å². The van der Waals surface area contributed by atoms with Gasteiger partial charge in [0.15, 0.2) is 16.6 Å². The number of aryl methyl sites for hydroxylation is 1.